The number of rotatable bonds is 4. The van der Waals surface area contributed by atoms with Crippen LogP contribution in [0.5, 0.6) is 0 Å². The van der Waals surface area contributed by atoms with E-state index in [2.05, 4.69) is 16.5 Å². The van der Waals surface area contributed by atoms with Crippen molar-refractivity contribution in [3.63, 3.8) is 0 Å². The van der Waals surface area contributed by atoms with E-state index in [1.165, 1.54) is 5.56 Å². The topological polar surface area (TPSA) is 46.9 Å². The molecule has 0 radical (unpaired) electrons. The number of carbonyl (C=O) groups is 1. The second kappa shape index (κ2) is 5.90. The van der Waals surface area contributed by atoms with E-state index in [1.54, 1.807) is 17.1 Å². The van der Waals surface area contributed by atoms with Crippen LogP contribution in [0.15, 0.2) is 36.7 Å². The van der Waals surface area contributed by atoms with Crippen LogP contribution in [0.4, 0.5) is 0 Å². The molecule has 3 rings (SSSR count). The van der Waals surface area contributed by atoms with Gasteiger partial charge in [0.05, 0.1) is 11.8 Å². The fourth-order valence-electron chi connectivity index (χ4n) is 2.72. The number of benzene rings is 1. The Labute approximate surface area is 129 Å². The third-order valence-electron chi connectivity index (χ3n) is 4.04. The molecule has 0 saturated heterocycles. The lowest BCUT2D eigenvalue weighted by Gasteiger charge is -2.36. The van der Waals surface area contributed by atoms with Gasteiger partial charge in [0.15, 0.2) is 0 Å². The van der Waals surface area contributed by atoms with Gasteiger partial charge in [-0.15, -0.1) is 0 Å². The number of nitrogens with zero attached hydrogens (tertiary/aromatic N) is 2. The van der Waals surface area contributed by atoms with Crippen LogP contribution in [0.25, 0.3) is 0 Å². The standard InChI is InChI=1S/C16H18ClN3O/c1-2-20-10-12(9-18-20)16(21)19-13-7-11(8-13)14-5-3-4-6-15(14)17/h3-6,9-11,13H,2,7-8H2,1H3,(H,19,21). The van der Waals surface area contributed by atoms with Gasteiger partial charge >= 0.3 is 0 Å². The zero-order valence-electron chi connectivity index (χ0n) is 11.9. The van der Waals surface area contributed by atoms with Gasteiger partial charge in [0, 0.05) is 23.8 Å². The molecule has 1 heterocycles. The van der Waals surface area contributed by atoms with Crippen molar-refractivity contribution in [1.29, 1.82) is 0 Å². The van der Waals surface area contributed by atoms with Crippen LogP contribution in [0, 0.1) is 0 Å². The fourth-order valence-corrected chi connectivity index (χ4v) is 3.01. The molecule has 1 aromatic carbocycles. The molecule has 1 fully saturated rings. The molecular formula is C16H18ClN3O. The lowest BCUT2D eigenvalue weighted by molar-refractivity contribution is 0.0909. The number of amides is 1. The van der Waals surface area contributed by atoms with Gasteiger partial charge in [-0.25, -0.2) is 0 Å². The Bertz CT molecular complexity index is 646. The molecule has 4 nitrogen and oxygen atoms in total. The van der Waals surface area contributed by atoms with Crippen molar-refractivity contribution >= 4 is 17.5 Å². The molecular weight excluding hydrogens is 286 g/mol. The normalized spacial score (nSPS) is 20.9. The number of nitrogens with one attached hydrogen (secondary N) is 1. The van der Waals surface area contributed by atoms with Crippen LogP contribution >= 0.6 is 11.6 Å². The van der Waals surface area contributed by atoms with E-state index in [-0.39, 0.29) is 11.9 Å². The first-order chi connectivity index (χ1) is 10.2. The van der Waals surface area contributed by atoms with E-state index in [0.717, 1.165) is 24.4 Å². The van der Waals surface area contributed by atoms with Crippen molar-refractivity contribution in [2.45, 2.75) is 38.3 Å². The highest BCUT2D eigenvalue weighted by Crippen LogP contribution is 2.39. The predicted molar refractivity (Wildman–Crippen MR) is 82.6 cm³/mol. The summed E-state index contributed by atoms with van der Waals surface area (Å²) in [5.41, 5.74) is 1.81. The Morgan fingerprint density at radius 1 is 1.43 bits per heavy atom. The quantitative estimate of drug-likeness (QED) is 0.942. The number of hydrogen-bond acceptors (Lipinski definition) is 2. The first-order valence-corrected chi connectivity index (χ1v) is 7.63. The lowest BCUT2D eigenvalue weighted by atomic mass is 9.76. The SMILES string of the molecule is CCn1cc(C(=O)NC2CC(c3ccccc3Cl)C2)cn1. The Morgan fingerprint density at radius 3 is 2.86 bits per heavy atom. The van der Waals surface area contributed by atoms with Crippen molar-refractivity contribution in [2.24, 2.45) is 0 Å². The van der Waals surface area contributed by atoms with Crippen molar-refractivity contribution in [3.8, 4) is 0 Å². The van der Waals surface area contributed by atoms with E-state index in [0.29, 0.717) is 11.5 Å². The molecule has 0 aliphatic heterocycles. The first kappa shape index (κ1) is 14.1. The molecule has 0 bridgehead atoms. The first-order valence-electron chi connectivity index (χ1n) is 7.25. The van der Waals surface area contributed by atoms with Gasteiger partial charge in [0.2, 0.25) is 0 Å². The molecule has 1 amide bonds. The Balaban J connectivity index is 1.55. The molecule has 2 aromatic rings. The van der Waals surface area contributed by atoms with E-state index < -0.39 is 0 Å². The van der Waals surface area contributed by atoms with E-state index in [1.807, 2.05) is 25.1 Å². The van der Waals surface area contributed by atoms with Crippen molar-refractivity contribution in [2.75, 3.05) is 0 Å². The summed E-state index contributed by atoms with van der Waals surface area (Å²) in [6, 6.07) is 8.16. The van der Waals surface area contributed by atoms with E-state index in [9.17, 15) is 4.79 Å². The van der Waals surface area contributed by atoms with Gasteiger partial charge in [-0.2, -0.15) is 5.10 Å². The second-order valence-corrected chi connectivity index (χ2v) is 5.85. The molecule has 0 unspecified atom stereocenters. The number of halogens is 1. The maximum Gasteiger partial charge on any atom is 0.254 e. The largest absolute Gasteiger partial charge is 0.349 e. The highest BCUT2D eigenvalue weighted by Gasteiger charge is 2.32. The summed E-state index contributed by atoms with van der Waals surface area (Å²) in [6.07, 6.45) is 5.28. The van der Waals surface area contributed by atoms with Gasteiger partial charge in [-0.05, 0) is 37.3 Å². The van der Waals surface area contributed by atoms with Gasteiger partial charge in [0.25, 0.3) is 5.91 Å². The van der Waals surface area contributed by atoms with Gasteiger partial charge in [-0.1, -0.05) is 29.8 Å². The zero-order valence-corrected chi connectivity index (χ0v) is 12.7. The van der Waals surface area contributed by atoms with Crippen LogP contribution in [-0.2, 0) is 6.54 Å². The van der Waals surface area contributed by atoms with Crippen molar-refractivity contribution in [3.05, 3.63) is 52.8 Å². The fraction of sp³-hybridized carbons (Fsp3) is 0.375. The van der Waals surface area contributed by atoms with Crippen molar-refractivity contribution < 1.29 is 4.79 Å². The summed E-state index contributed by atoms with van der Waals surface area (Å²) < 4.78 is 1.75. The second-order valence-electron chi connectivity index (χ2n) is 5.44. The van der Waals surface area contributed by atoms with Crippen LogP contribution < -0.4 is 5.32 Å². The van der Waals surface area contributed by atoms with Gasteiger partial charge in [-0.3, -0.25) is 9.48 Å². The highest BCUT2D eigenvalue weighted by molar-refractivity contribution is 6.31. The van der Waals surface area contributed by atoms with Gasteiger partial charge in [0.1, 0.15) is 0 Å². The number of carbonyl (C=O) groups excluding carboxylic acids is 1. The average Bonchev–Trinajstić information content (AvgIpc) is 2.92. The minimum atomic E-state index is -0.0442. The van der Waals surface area contributed by atoms with Crippen molar-refractivity contribution in [1.82, 2.24) is 15.1 Å². The minimum absolute atomic E-state index is 0.0442. The Kier molecular flexibility index (Phi) is 3.97. The lowest BCUT2D eigenvalue weighted by Crippen LogP contribution is -2.43. The Hall–Kier alpha value is -1.81. The maximum absolute atomic E-state index is 12.1. The zero-order chi connectivity index (χ0) is 14.8. The predicted octanol–water partition coefficient (Wildman–Crippen LogP) is 3.23. The monoisotopic (exact) mass is 303 g/mol. The smallest absolute Gasteiger partial charge is 0.254 e. The summed E-state index contributed by atoms with van der Waals surface area (Å²) in [5, 5.41) is 7.99. The third kappa shape index (κ3) is 2.95. The molecule has 0 atom stereocenters. The number of aryl methyl sites for hydroxylation is 1. The van der Waals surface area contributed by atoms with Crippen LogP contribution in [0.3, 0.4) is 0 Å². The third-order valence-corrected chi connectivity index (χ3v) is 4.38. The molecule has 21 heavy (non-hydrogen) atoms. The highest BCUT2D eigenvalue weighted by atomic mass is 35.5. The summed E-state index contributed by atoms with van der Waals surface area (Å²) in [7, 11) is 0. The van der Waals surface area contributed by atoms with E-state index >= 15 is 0 Å². The molecule has 1 saturated carbocycles. The number of hydrogen-bond donors (Lipinski definition) is 1. The van der Waals surface area contributed by atoms with Crippen LogP contribution in [0.1, 0.15) is 41.6 Å². The molecule has 5 heteroatoms. The molecule has 1 N–H and O–H groups in total. The maximum atomic E-state index is 12.1. The minimum Gasteiger partial charge on any atom is -0.349 e. The summed E-state index contributed by atoms with van der Waals surface area (Å²) in [4.78, 5) is 12.1. The summed E-state index contributed by atoms with van der Waals surface area (Å²) in [5.74, 6) is 0.402. The number of aromatic nitrogens is 2. The molecule has 0 spiro atoms. The summed E-state index contributed by atoms with van der Waals surface area (Å²) in [6.45, 7) is 2.76. The molecule has 1 aromatic heterocycles. The molecule has 1 aliphatic rings. The van der Waals surface area contributed by atoms with Crippen LogP contribution in [0.2, 0.25) is 5.02 Å². The summed E-state index contributed by atoms with van der Waals surface area (Å²) >= 11 is 6.20. The molecule has 110 valence electrons. The molecule has 1 aliphatic carbocycles. The Morgan fingerprint density at radius 2 is 2.19 bits per heavy atom. The van der Waals surface area contributed by atoms with Gasteiger partial charge < -0.3 is 5.32 Å². The average molecular weight is 304 g/mol. The van der Waals surface area contributed by atoms with Crippen LogP contribution in [-0.4, -0.2) is 21.7 Å². The van der Waals surface area contributed by atoms with E-state index in [4.69, 9.17) is 11.6 Å².